The molecule has 4 atom stereocenters. The van der Waals surface area contributed by atoms with Crippen molar-refractivity contribution in [2.75, 3.05) is 13.1 Å². The van der Waals surface area contributed by atoms with Gasteiger partial charge in [0.2, 0.25) is 23.6 Å². The van der Waals surface area contributed by atoms with Gasteiger partial charge < -0.3 is 31.2 Å². The van der Waals surface area contributed by atoms with Gasteiger partial charge in [-0.3, -0.25) is 29.0 Å². The van der Waals surface area contributed by atoms with E-state index in [9.17, 15) is 24.0 Å². The predicted octanol–water partition coefficient (Wildman–Crippen LogP) is 1.48. The van der Waals surface area contributed by atoms with E-state index in [2.05, 4.69) is 31.2 Å². The number of fused-ring (bicyclic) bond motifs is 1. The van der Waals surface area contributed by atoms with Crippen molar-refractivity contribution in [2.45, 2.75) is 50.9 Å². The number of H-pyrrole nitrogens is 1. The fourth-order valence-corrected chi connectivity index (χ4v) is 5.45. The average Bonchev–Trinajstić information content (AvgIpc) is 3.48. The Balaban J connectivity index is 1.47. The number of rotatable bonds is 5. The summed E-state index contributed by atoms with van der Waals surface area (Å²) in [4.78, 5) is 76.3. The Labute approximate surface area is 266 Å². The van der Waals surface area contributed by atoms with Gasteiger partial charge in [-0.15, -0.1) is 0 Å². The second-order valence-electron chi connectivity index (χ2n) is 11.3. The zero-order valence-corrected chi connectivity index (χ0v) is 25.7. The average molecular weight is 624 g/mol. The first-order chi connectivity index (χ1) is 22.2. The second kappa shape index (κ2) is 14.5. The van der Waals surface area contributed by atoms with Gasteiger partial charge in [-0.05, 0) is 43.2 Å². The summed E-state index contributed by atoms with van der Waals surface area (Å²) >= 11 is 0. The molecule has 0 spiro atoms. The highest BCUT2D eigenvalue weighted by Gasteiger charge is 2.33. The van der Waals surface area contributed by atoms with Crippen molar-refractivity contribution in [2.24, 2.45) is 0 Å². The Morgan fingerprint density at radius 3 is 2.22 bits per heavy atom. The zero-order chi connectivity index (χ0) is 32.6. The molecule has 12 heteroatoms. The maximum atomic E-state index is 13.7. The molecule has 1 aliphatic rings. The lowest BCUT2D eigenvalue weighted by Crippen LogP contribution is -2.57. The Morgan fingerprint density at radius 2 is 1.46 bits per heavy atom. The number of para-hydroxylation sites is 1. The maximum absolute atomic E-state index is 13.7. The number of amides is 5. The molecule has 1 saturated heterocycles. The Hall–Kier alpha value is -5.52. The fourth-order valence-electron chi connectivity index (χ4n) is 5.45. The minimum absolute atomic E-state index is 0.0107. The van der Waals surface area contributed by atoms with Crippen LogP contribution in [0.4, 0.5) is 0 Å². The first-order valence-corrected chi connectivity index (χ1v) is 15.2. The Kier molecular flexibility index (Phi) is 10.1. The number of benzene rings is 2. The van der Waals surface area contributed by atoms with Gasteiger partial charge in [-0.2, -0.15) is 0 Å². The van der Waals surface area contributed by atoms with Gasteiger partial charge in [-0.25, -0.2) is 0 Å². The van der Waals surface area contributed by atoms with Crippen LogP contribution >= 0.6 is 0 Å². The molecular formula is C34H37N7O5. The molecule has 46 heavy (non-hydrogen) atoms. The largest absolute Gasteiger partial charge is 0.361 e. The molecule has 2 aromatic heterocycles. The van der Waals surface area contributed by atoms with Gasteiger partial charge in [-0.1, -0.05) is 48.5 Å². The van der Waals surface area contributed by atoms with Crippen LogP contribution in [-0.2, 0) is 32.0 Å². The molecular weight excluding hydrogens is 586 g/mol. The summed E-state index contributed by atoms with van der Waals surface area (Å²) in [6.45, 7) is 3.09. The van der Waals surface area contributed by atoms with Crippen LogP contribution in [0.3, 0.4) is 0 Å². The smallest absolute Gasteiger partial charge is 0.254 e. The molecule has 5 N–H and O–H groups in total. The lowest BCUT2D eigenvalue weighted by atomic mass is 10.0. The Bertz CT molecular complexity index is 1710. The molecule has 1 fully saturated rings. The number of pyridine rings is 1. The van der Waals surface area contributed by atoms with Crippen LogP contribution in [-0.4, -0.2) is 81.7 Å². The van der Waals surface area contributed by atoms with E-state index < -0.39 is 53.7 Å². The molecule has 12 nitrogen and oxygen atoms in total. The first kappa shape index (κ1) is 31.9. The van der Waals surface area contributed by atoms with E-state index in [0.29, 0.717) is 5.56 Å². The van der Waals surface area contributed by atoms with E-state index in [1.54, 1.807) is 25.3 Å². The molecule has 2 aromatic carbocycles. The van der Waals surface area contributed by atoms with Gasteiger partial charge in [0.25, 0.3) is 5.91 Å². The van der Waals surface area contributed by atoms with Crippen molar-refractivity contribution in [3.05, 3.63) is 102 Å². The van der Waals surface area contributed by atoms with Crippen molar-refractivity contribution >= 4 is 40.4 Å². The van der Waals surface area contributed by atoms with E-state index in [1.165, 1.54) is 24.2 Å². The van der Waals surface area contributed by atoms with Crippen LogP contribution < -0.4 is 21.3 Å². The number of nitrogens with zero attached hydrogens (tertiary/aromatic N) is 2. The topological polar surface area (TPSA) is 165 Å². The number of aromatic amines is 1. The van der Waals surface area contributed by atoms with Crippen LogP contribution in [0.25, 0.3) is 10.9 Å². The molecule has 0 unspecified atom stereocenters. The number of hydrogen-bond acceptors (Lipinski definition) is 6. The van der Waals surface area contributed by atoms with Gasteiger partial charge in [0.1, 0.15) is 24.2 Å². The van der Waals surface area contributed by atoms with Crippen molar-refractivity contribution in [3.63, 3.8) is 0 Å². The SMILES string of the molecule is C[C@@H]1NC(=O)[C@@H](Cc2c[nH]c3ccccc23)NC(=O)[C@@H](C)N(C(=O)c2ccncc2)CCNC(=O)[C@H](Cc2ccccc2)NC1=O. The fraction of sp³-hybridized carbons (Fsp3) is 0.294. The van der Waals surface area contributed by atoms with Crippen LogP contribution in [0.15, 0.2) is 85.3 Å². The molecule has 3 heterocycles. The van der Waals surface area contributed by atoms with E-state index in [0.717, 1.165) is 22.0 Å². The normalized spacial score (nSPS) is 21.7. The molecule has 5 rings (SSSR count). The minimum atomic E-state index is -1.08. The van der Waals surface area contributed by atoms with Crippen LogP contribution in [0.2, 0.25) is 0 Å². The van der Waals surface area contributed by atoms with Gasteiger partial charge in [0, 0.05) is 61.0 Å². The van der Waals surface area contributed by atoms with Gasteiger partial charge >= 0.3 is 0 Å². The summed E-state index contributed by atoms with van der Waals surface area (Å²) in [5.41, 5.74) is 2.81. The first-order valence-electron chi connectivity index (χ1n) is 15.2. The third-order valence-corrected chi connectivity index (χ3v) is 8.09. The summed E-state index contributed by atoms with van der Waals surface area (Å²) < 4.78 is 0. The lowest BCUT2D eigenvalue weighted by molar-refractivity contribution is -0.133. The van der Waals surface area contributed by atoms with Crippen LogP contribution in [0.5, 0.6) is 0 Å². The van der Waals surface area contributed by atoms with Crippen LogP contribution in [0, 0.1) is 0 Å². The maximum Gasteiger partial charge on any atom is 0.254 e. The highest BCUT2D eigenvalue weighted by Crippen LogP contribution is 2.20. The minimum Gasteiger partial charge on any atom is -0.361 e. The number of hydrogen-bond donors (Lipinski definition) is 5. The predicted molar refractivity (Wildman–Crippen MR) is 171 cm³/mol. The summed E-state index contributed by atoms with van der Waals surface area (Å²) in [5.74, 6) is -2.61. The molecule has 4 aromatic rings. The quantitative estimate of drug-likeness (QED) is 0.226. The summed E-state index contributed by atoms with van der Waals surface area (Å²) in [5, 5.41) is 12.0. The molecule has 5 amide bonds. The number of nitrogens with one attached hydrogen (secondary N) is 5. The molecule has 0 saturated carbocycles. The molecule has 238 valence electrons. The second-order valence-corrected chi connectivity index (χ2v) is 11.3. The van der Waals surface area contributed by atoms with Gasteiger partial charge in [0.15, 0.2) is 0 Å². The lowest BCUT2D eigenvalue weighted by Gasteiger charge is -2.30. The number of carbonyl (C=O) groups excluding carboxylic acids is 5. The molecule has 0 bridgehead atoms. The summed E-state index contributed by atoms with van der Waals surface area (Å²) in [6, 6.07) is 15.9. The summed E-state index contributed by atoms with van der Waals surface area (Å²) in [6.07, 6.45) is 5.07. The van der Waals surface area contributed by atoms with Gasteiger partial charge in [0.05, 0.1) is 0 Å². The molecule has 1 aliphatic heterocycles. The van der Waals surface area contributed by atoms with Crippen molar-refractivity contribution in [3.8, 4) is 0 Å². The Morgan fingerprint density at radius 1 is 0.783 bits per heavy atom. The third kappa shape index (κ3) is 7.57. The zero-order valence-electron chi connectivity index (χ0n) is 25.7. The number of aromatic nitrogens is 2. The van der Waals surface area contributed by atoms with E-state index >= 15 is 0 Å². The van der Waals surface area contributed by atoms with E-state index in [4.69, 9.17) is 0 Å². The molecule has 0 radical (unpaired) electrons. The van der Waals surface area contributed by atoms with Crippen molar-refractivity contribution in [1.82, 2.24) is 36.1 Å². The highest BCUT2D eigenvalue weighted by molar-refractivity contribution is 5.99. The van der Waals surface area contributed by atoms with Crippen molar-refractivity contribution in [1.29, 1.82) is 0 Å². The van der Waals surface area contributed by atoms with Crippen LogP contribution in [0.1, 0.15) is 35.3 Å². The molecule has 0 aliphatic carbocycles. The van der Waals surface area contributed by atoms with E-state index in [-0.39, 0.29) is 25.9 Å². The van der Waals surface area contributed by atoms with E-state index in [1.807, 2.05) is 54.6 Å². The monoisotopic (exact) mass is 623 g/mol. The highest BCUT2D eigenvalue weighted by atomic mass is 16.2. The standard InChI is InChI=1S/C34H37N7O5/c1-21-30(42)39-28(18-23-8-4-3-5-9-23)32(44)36-16-17-41(34(46)24-12-14-35-15-13-24)22(2)31(43)40-29(33(45)38-21)19-25-20-37-27-11-7-6-10-26(25)27/h3-15,20-22,28-29,37H,16-19H2,1-2H3,(H,36,44)(H,38,45)(H,39,42)(H,40,43)/t21-,22+,28-,29+/m0/s1. The van der Waals surface area contributed by atoms with Crippen molar-refractivity contribution < 1.29 is 24.0 Å². The number of carbonyl (C=O) groups is 5. The summed E-state index contributed by atoms with van der Waals surface area (Å²) in [7, 11) is 0. The third-order valence-electron chi connectivity index (χ3n) is 8.09.